The molecule has 2 atom stereocenters. The van der Waals surface area contributed by atoms with E-state index in [2.05, 4.69) is 16.2 Å². The van der Waals surface area contributed by atoms with E-state index in [0.717, 1.165) is 29.5 Å². The Labute approximate surface area is 183 Å². The van der Waals surface area contributed by atoms with Crippen molar-refractivity contribution in [2.24, 2.45) is 5.41 Å². The van der Waals surface area contributed by atoms with E-state index in [4.69, 9.17) is 11.2 Å². The van der Waals surface area contributed by atoms with Crippen LogP contribution in [0.25, 0.3) is 11.1 Å². The van der Waals surface area contributed by atoms with Crippen molar-refractivity contribution in [3.63, 3.8) is 0 Å². The van der Waals surface area contributed by atoms with Crippen LogP contribution < -0.4 is 5.32 Å². The van der Waals surface area contributed by atoms with Crippen LogP contribution in [0.4, 0.5) is 0 Å². The van der Waals surface area contributed by atoms with Crippen molar-refractivity contribution < 1.29 is 14.3 Å². The molecule has 0 spiro atoms. The molecule has 2 amide bonds. The number of likely N-dealkylation sites (tertiary alicyclic amines) is 1. The lowest BCUT2D eigenvalue weighted by Gasteiger charge is -2.29. The fourth-order valence-corrected chi connectivity index (χ4v) is 4.61. The number of hydrogen-bond donors (Lipinski definition) is 1. The van der Waals surface area contributed by atoms with E-state index in [1.807, 2.05) is 42.6 Å². The van der Waals surface area contributed by atoms with Crippen molar-refractivity contribution in [2.45, 2.75) is 31.8 Å². The van der Waals surface area contributed by atoms with Crippen LogP contribution in [-0.2, 0) is 20.7 Å². The molecule has 2 saturated heterocycles. The summed E-state index contributed by atoms with van der Waals surface area (Å²) in [7, 11) is 0. The first-order chi connectivity index (χ1) is 15.1. The molecule has 4 rings (SSSR count). The molecule has 0 saturated carbocycles. The maximum absolute atomic E-state index is 13.3. The second kappa shape index (κ2) is 9.32. The number of carbonyl (C=O) groups excluding carboxylic acids is 2. The van der Waals surface area contributed by atoms with Crippen LogP contribution in [-0.4, -0.2) is 54.0 Å². The highest BCUT2D eigenvalue weighted by atomic mass is 16.5. The molecule has 0 unspecified atom stereocenters. The topological polar surface area (TPSA) is 71.5 Å². The van der Waals surface area contributed by atoms with Crippen molar-refractivity contribution in [3.8, 4) is 23.5 Å². The van der Waals surface area contributed by atoms with E-state index in [0.29, 0.717) is 32.5 Å². The number of nitrogens with zero attached hydrogens (tertiary/aromatic N) is 2. The van der Waals surface area contributed by atoms with E-state index in [1.165, 1.54) is 0 Å². The quantitative estimate of drug-likeness (QED) is 0.733. The van der Waals surface area contributed by atoms with Gasteiger partial charge in [0.25, 0.3) is 5.91 Å². The number of aromatic nitrogens is 1. The SMILES string of the molecule is C#CCNC(=O)[C@@]1(Cc2ccccc2-c2cccnc2)CCN(C(=O)[C@H]2CCCO2)C1. The molecule has 2 aliphatic rings. The van der Waals surface area contributed by atoms with Gasteiger partial charge in [0.2, 0.25) is 5.91 Å². The van der Waals surface area contributed by atoms with Gasteiger partial charge in [-0.2, -0.15) is 0 Å². The summed E-state index contributed by atoms with van der Waals surface area (Å²) in [6.45, 7) is 1.70. The molecule has 0 bridgehead atoms. The number of terminal acetylenes is 1. The Hall–Kier alpha value is -3.17. The predicted octanol–water partition coefficient (Wildman–Crippen LogP) is 2.44. The van der Waals surface area contributed by atoms with Crippen molar-refractivity contribution >= 4 is 11.8 Å². The third-order valence-corrected chi connectivity index (χ3v) is 6.22. The van der Waals surface area contributed by atoms with Crippen molar-refractivity contribution in [2.75, 3.05) is 26.2 Å². The van der Waals surface area contributed by atoms with E-state index < -0.39 is 5.41 Å². The van der Waals surface area contributed by atoms with Gasteiger partial charge in [-0.1, -0.05) is 36.3 Å². The molecule has 1 aromatic carbocycles. The van der Waals surface area contributed by atoms with E-state index in [-0.39, 0.29) is 24.5 Å². The molecule has 31 heavy (non-hydrogen) atoms. The molecule has 2 fully saturated rings. The largest absolute Gasteiger partial charge is 0.368 e. The lowest BCUT2D eigenvalue weighted by molar-refractivity contribution is -0.141. The highest BCUT2D eigenvalue weighted by Gasteiger charge is 2.47. The molecule has 2 aliphatic heterocycles. The van der Waals surface area contributed by atoms with Gasteiger partial charge in [0.05, 0.1) is 12.0 Å². The van der Waals surface area contributed by atoms with Crippen LogP contribution in [0.2, 0.25) is 0 Å². The number of pyridine rings is 1. The maximum atomic E-state index is 13.3. The first-order valence-electron chi connectivity index (χ1n) is 10.7. The van der Waals surface area contributed by atoms with E-state index in [9.17, 15) is 9.59 Å². The lowest BCUT2D eigenvalue weighted by atomic mass is 9.78. The van der Waals surface area contributed by atoms with Gasteiger partial charge >= 0.3 is 0 Å². The first-order valence-corrected chi connectivity index (χ1v) is 10.7. The van der Waals surface area contributed by atoms with Gasteiger partial charge < -0.3 is 15.0 Å². The van der Waals surface area contributed by atoms with Gasteiger partial charge in [-0.05, 0) is 42.9 Å². The summed E-state index contributed by atoms with van der Waals surface area (Å²) in [5.41, 5.74) is 2.37. The average Bonchev–Trinajstić information content (AvgIpc) is 3.49. The van der Waals surface area contributed by atoms with E-state index in [1.54, 1.807) is 11.1 Å². The Bertz CT molecular complexity index is 979. The minimum Gasteiger partial charge on any atom is -0.368 e. The zero-order valence-corrected chi connectivity index (χ0v) is 17.5. The molecular weight excluding hydrogens is 390 g/mol. The number of rotatable bonds is 6. The van der Waals surface area contributed by atoms with Gasteiger partial charge in [0.15, 0.2) is 0 Å². The maximum Gasteiger partial charge on any atom is 0.251 e. The van der Waals surface area contributed by atoms with Gasteiger partial charge in [-0.25, -0.2) is 0 Å². The molecular formula is C25H27N3O3. The fraction of sp³-hybridized carbons (Fsp3) is 0.400. The summed E-state index contributed by atoms with van der Waals surface area (Å²) in [6.07, 6.45) is 11.3. The van der Waals surface area contributed by atoms with Crippen molar-refractivity contribution in [1.29, 1.82) is 0 Å². The summed E-state index contributed by atoms with van der Waals surface area (Å²) in [6, 6.07) is 12.0. The zero-order valence-electron chi connectivity index (χ0n) is 17.5. The smallest absolute Gasteiger partial charge is 0.251 e. The highest BCUT2D eigenvalue weighted by Crippen LogP contribution is 2.38. The van der Waals surface area contributed by atoms with Gasteiger partial charge in [0, 0.05) is 37.7 Å². The van der Waals surface area contributed by atoms with Gasteiger partial charge in [-0.15, -0.1) is 6.42 Å². The molecule has 6 heteroatoms. The van der Waals surface area contributed by atoms with Crippen LogP contribution in [0.1, 0.15) is 24.8 Å². The van der Waals surface area contributed by atoms with Crippen LogP contribution in [0.5, 0.6) is 0 Å². The van der Waals surface area contributed by atoms with Crippen LogP contribution in [0.3, 0.4) is 0 Å². The summed E-state index contributed by atoms with van der Waals surface area (Å²) >= 11 is 0. The van der Waals surface area contributed by atoms with E-state index >= 15 is 0 Å². The Morgan fingerprint density at radius 1 is 1.29 bits per heavy atom. The standard InChI is InChI=1S/C25H27N3O3/c1-2-12-27-24(30)25(11-14-28(18-25)23(29)22-10-6-15-31-22)16-19-7-3-4-9-21(19)20-8-5-13-26-17-20/h1,3-5,7-9,13,17,22H,6,10-12,14-16,18H2,(H,27,30)/t22-,25-/m1/s1. The number of hydrogen-bond acceptors (Lipinski definition) is 4. The van der Waals surface area contributed by atoms with Crippen LogP contribution in [0.15, 0.2) is 48.8 Å². The second-order valence-corrected chi connectivity index (χ2v) is 8.25. The Kier molecular flexibility index (Phi) is 6.34. The predicted molar refractivity (Wildman–Crippen MR) is 118 cm³/mol. The molecule has 6 nitrogen and oxygen atoms in total. The molecule has 2 aromatic rings. The molecule has 0 radical (unpaired) electrons. The zero-order chi connectivity index (χ0) is 21.7. The highest BCUT2D eigenvalue weighted by molar-refractivity contribution is 5.87. The first kappa shape index (κ1) is 21.1. The molecule has 1 N–H and O–H groups in total. The number of amides is 2. The minimum atomic E-state index is -0.733. The number of ether oxygens (including phenoxy) is 1. The summed E-state index contributed by atoms with van der Waals surface area (Å²) in [5.74, 6) is 2.37. The molecule has 1 aromatic heterocycles. The van der Waals surface area contributed by atoms with Gasteiger partial charge in [-0.3, -0.25) is 14.6 Å². The fourth-order valence-electron chi connectivity index (χ4n) is 4.61. The number of benzene rings is 1. The van der Waals surface area contributed by atoms with Crippen molar-refractivity contribution in [3.05, 3.63) is 54.4 Å². The third-order valence-electron chi connectivity index (χ3n) is 6.22. The van der Waals surface area contributed by atoms with Crippen LogP contribution in [0, 0.1) is 17.8 Å². The Morgan fingerprint density at radius 3 is 2.90 bits per heavy atom. The molecule has 160 valence electrons. The summed E-state index contributed by atoms with van der Waals surface area (Å²) in [4.78, 5) is 32.2. The second-order valence-electron chi connectivity index (χ2n) is 8.25. The lowest BCUT2D eigenvalue weighted by Crippen LogP contribution is -2.46. The Morgan fingerprint density at radius 2 is 2.16 bits per heavy atom. The Balaban J connectivity index is 1.62. The number of carbonyl (C=O) groups is 2. The third kappa shape index (κ3) is 4.47. The normalized spacial score (nSPS) is 22.8. The summed E-state index contributed by atoms with van der Waals surface area (Å²) < 4.78 is 5.59. The monoisotopic (exact) mass is 417 g/mol. The molecule has 0 aliphatic carbocycles. The molecule has 3 heterocycles. The minimum absolute atomic E-state index is 0.00957. The average molecular weight is 418 g/mol. The van der Waals surface area contributed by atoms with Crippen LogP contribution >= 0.6 is 0 Å². The number of nitrogens with one attached hydrogen (secondary N) is 1. The van der Waals surface area contributed by atoms with Gasteiger partial charge in [0.1, 0.15) is 6.10 Å². The van der Waals surface area contributed by atoms with Crippen molar-refractivity contribution in [1.82, 2.24) is 15.2 Å². The summed E-state index contributed by atoms with van der Waals surface area (Å²) in [5, 5.41) is 2.87.